The van der Waals surface area contributed by atoms with Crippen molar-refractivity contribution in [2.45, 2.75) is 25.3 Å². The molecule has 1 aromatic carbocycles. The van der Waals surface area contributed by atoms with E-state index in [4.69, 9.17) is 11.6 Å². The normalized spacial score (nSPS) is 12.2. The van der Waals surface area contributed by atoms with Crippen LogP contribution in [0.15, 0.2) is 30.3 Å². The maximum absolute atomic E-state index is 11.5. The van der Waals surface area contributed by atoms with Crippen molar-refractivity contribution in [1.29, 1.82) is 0 Å². The number of benzene rings is 1. The van der Waals surface area contributed by atoms with E-state index in [2.05, 4.69) is 0 Å². The van der Waals surface area contributed by atoms with Crippen molar-refractivity contribution in [2.75, 3.05) is 6.54 Å². The smallest absolute Gasteiger partial charge is 1.00 e. The first-order valence-corrected chi connectivity index (χ1v) is 5.40. The summed E-state index contributed by atoms with van der Waals surface area (Å²) in [5.41, 5.74) is 0.768. The summed E-state index contributed by atoms with van der Waals surface area (Å²) >= 11 is 5.70. The van der Waals surface area contributed by atoms with E-state index >= 15 is 0 Å². The molecule has 0 aromatic heterocycles. The van der Waals surface area contributed by atoms with Gasteiger partial charge in [-0.15, -0.1) is 11.6 Å². The molecular formula is C11H15Cl2MgNO2. The Hall–Kier alpha value is 0.446. The minimum absolute atomic E-state index is 0. The Morgan fingerprint density at radius 3 is 2.24 bits per heavy atom. The largest absolute Gasteiger partial charge is 2.00 e. The van der Waals surface area contributed by atoms with Crippen molar-refractivity contribution in [2.24, 2.45) is 0 Å². The predicted octanol–water partition coefficient (Wildman–Crippen LogP) is -0.360. The van der Waals surface area contributed by atoms with Crippen LogP contribution in [0.4, 0.5) is 0 Å². The van der Waals surface area contributed by atoms with Crippen LogP contribution in [0, 0.1) is 10.4 Å². The fourth-order valence-electron chi connectivity index (χ4n) is 1.32. The number of halogens is 2. The number of hydrogen-bond acceptors (Lipinski definition) is 2. The first kappa shape index (κ1) is 19.8. The fourth-order valence-corrected chi connectivity index (χ4v) is 1.41. The van der Waals surface area contributed by atoms with E-state index in [1.807, 2.05) is 18.2 Å². The van der Waals surface area contributed by atoms with E-state index in [1.54, 1.807) is 19.1 Å². The van der Waals surface area contributed by atoms with E-state index in [1.165, 1.54) is 0 Å². The van der Waals surface area contributed by atoms with Gasteiger partial charge in [0.05, 0.1) is 6.54 Å². The third-order valence-electron chi connectivity index (χ3n) is 2.13. The van der Waals surface area contributed by atoms with Gasteiger partial charge in [-0.25, -0.2) is 0 Å². The molecule has 17 heavy (non-hydrogen) atoms. The molecule has 1 rings (SSSR count). The van der Waals surface area contributed by atoms with Gasteiger partial charge >= 0.3 is 23.1 Å². The summed E-state index contributed by atoms with van der Waals surface area (Å²) in [7, 11) is 0. The summed E-state index contributed by atoms with van der Waals surface area (Å²) in [6.07, 6.45) is 0.446. The molecule has 0 radical (unpaired) electrons. The molecule has 3 nitrogen and oxygen atoms in total. The first-order valence-electron chi connectivity index (χ1n) is 4.97. The summed E-state index contributed by atoms with van der Waals surface area (Å²) < 4.78 is 0. The number of alkyl halides is 1. The second-order valence-electron chi connectivity index (χ2n) is 3.75. The van der Waals surface area contributed by atoms with Crippen LogP contribution in [0.1, 0.15) is 18.9 Å². The van der Waals surface area contributed by atoms with Crippen LogP contribution in [0.3, 0.4) is 0 Å². The number of rotatable bonds is 5. The predicted molar refractivity (Wildman–Crippen MR) is 67.7 cm³/mol. The zero-order valence-corrected chi connectivity index (χ0v) is 12.7. The van der Waals surface area contributed by atoms with E-state index in [9.17, 15) is 10.4 Å². The van der Waals surface area contributed by atoms with Crippen LogP contribution < -0.4 is 12.4 Å². The minimum Gasteiger partial charge on any atom is -1.00 e. The topological polar surface area (TPSA) is 46.1 Å². The molecule has 0 N–H and O–H groups in total. The van der Waals surface area contributed by atoms with Crippen LogP contribution >= 0.6 is 11.6 Å². The summed E-state index contributed by atoms with van der Waals surface area (Å²) in [5, 5.41) is 22.9. The Morgan fingerprint density at radius 2 is 1.76 bits per heavy atom. The standard InChI is InChI=1S/C11H15ClNO2.ClH.Mg/c1-10(12)7-8-13(14,15)9-11-5-3-2-4-6-11;;/h2-6,10H,7-9H2,1H3;1H;/q-1;;+2/p-1. The van der Waals surface area contributed by atoms with E-state index in [0.29, 0.717) is 6.42 Å². The average Bonchev–Trinajstić information content (AvgIpc) is 2.16. The van der Waals surface area contributed by atoms with Crippen molar-refractivity contribution in [3.05, 3.63) is 46.3 Å². The zero-order valence-electron chi connectivity index (χ0n) is 9.81. The van der Waals surface area contributed by atoms with Gasteiger partial charge in [0, 0.05) is 17.4 Å². The van der Waals surface area contributed by atoms with Gasteiger partial charge in [0.25, 0.3) is 0 Å². The van der Waals surface area contributed by atoms with Crippen molar-refractivity contribution in [1.82, 2.24) is 0 Å². The number of quaternary nitrogens is 1. The van der Waals surface area contributed by atoms with Crippen LogP contribution in [-0.4, -0.2) is 39.8 Å². The summed E-state index contributed by atoms with van der Waals surface area (Å²) in [6, 6.07) is 9.06. The molecule has 6 heteroatoms. The Bertz CT molecular complexity index is 297. The molecule has 1 atom stereocenters. The number of hydrogen-bond donors (Lipinski definition) is 0. The third-order valence-corrected chi connectivity index (χ3v) is 2.35. The molecule has 0 saturated heterocycles. The van der Waals surface area contributed by atoms with Crippen molar-refractivity contribution in [3.63, 3.8) is 0 Å². The molecule has 1 unspecified atom stereocenters. The van der Waals surface area contributed by atoms with Gasteiger partial charge in [-0.1, -0.05) is 30.3 Å². The molecular weight excluding hydrogens is 273 g/mol. The van der Waals surface area contributed by atoms with Gasteiger partial charge in [0.15, 0.2) is 0 Å². The quantitative estimate of drug-likeness (QED) is 0.321. The number of nitrogens with zero attached hydrogens (tertiary/aromatic N) is 1. The second kappa shape index (κ2) is 9.39. The summed E-state index contributed by atoms with van der Waals surface area (Å²) in [5.74, 6) is 0. The fraction of sp³-hybridized carbons (Fsp3) is 0.455. The SMILES string of the molecule is CC(Cl)CC[N+]([O-])([O-])Cc1ccccc1.[Cl-].[Mg+2]. The summed E-state index contributed by atoms with van der Waals surface area (Å²) in [4.78, 5) is -1.50. The molecule has 0 spiro atoms. The molecule has 0 aliphatic carbocycles. The van der Waals surface area contributed by atoms with Gasteiger partial charge in [0.1, 0.15) is 6.54 Å². The molecule has 92 valence electrons. The van der Waals surface area contributed by atoms with Crippen molar-refractivity contribution < 1.29 is 17.2 Å². The van der Waals surface area contributed by atoms with Crippen molar-refractivity contribution in [3.8, 4) is 0 Å². The van der Waals surface area contributed by atoms with E-state index in [0.717, 1.165) is 5.56 Å². The Morgan fingerprint density at radius 1 is 1.24 bits per heavy atom. The Kier molecular flexibility index (Phi) is 10.9. The van der Waals surface area contributed by atoms with Crippen LogP contribution in [0.2, 0.25) is 0 Å². The van der Waals surface area contributed by atoms with Gasteiger partial charge in [-0.2, -0.15) is 0 Å². The molecule has 0 amide bonds. The van der Waals surface area contributed by atoms with E-state index < -0.39 is 4.81 Å². The molecule has 1 aromatic rings. The zero-order chi connectivity index (χ0) is 11.3. The molecule has 0 heterocycles. The average molecular weight is 288 g/mol. The van der Waals surface area contributed by atoms with Gasteiger partial charge in [-0.3, -0.25) is 0 Å². The van der Waals surface area contributed by atoms with Crippen LogP contribution in [0.5, 0.6) is 0 Å². The Balaban J connectivity index is 0. The second-order valence-corrected chi connectivity index (χ2v) is 4.50. The van der Waals surface area contributed by atoms with Crippen LogP contribution in [0.25, 0.3) is 0 Å². The molecule has 0 fully saturated rings. The maximum atomic E-state index is 11.5. The minimum atomic E-state index is -1.50. The monoisotopic (exact) mass is 287 g/mol. The Labute approximate surface area is 129 Å². The van der Waals surface area contributed by atoms with E-state index in [-0.39, 0.29) is 53.9 Å². The van der Waals surface area contributed by atoms with Gasteiger partial charge < -0.3 is 27.6 Å². The molecule has 0 saturated carbocycles. The first-order chi connectivity index (χ1) is 6.99. The van der Waals surface area contributed by atoms with Gasteiger partial charge in [0.2, 0.25) is 0 Å². The maximum Gasteiger partial charge on any atom is 2.00 e. The molecule has 0 aliphatic rings. The molecule has 0 aliphatic heterocycles. The van der Waals surface area contributed by atoms with Crippen molar-refractivity contribution >= 4 is 34.7 Å². The molecule has 0 bridgehead atoms. The third kappa shape index (κ3) is 9.08. The summed E-state index contributed by atoms with van der Waals surface area (Å²) in [6.45, 7) is 1.76. The number of hydroxylamine groups is 4. The van der Waals surface area contributed by atoms with Gasteiger partial charge in [-0.05, 0) is 6.92 Å². The van der Waals surface area contributed by atoms with Crippen LogP contribution in [-0.2, 0) is 6.54 Å².